The van der Waals surface area contributed by atoms with Gasteiger partial charge in [0.25, 0.3) is 5.91 Å². The van der Waals surface area contributed by atoms with Gasteiger partial charge in [0.1, 0.15) is 5.82 Å². The van der Waals surface area contributed by atoms with Crippen molar-refractivity contribution in [2.45, 2.75) is 20.3 Å². The number of ether oxygens (including phenoxy) is 3. The molecule has 0 saturated heterocycles. The number of aryl methyl sites for hydroxylation is 2. The average Bonchev–Trinajstić information content (AvgIpc) is 3.06. The number of aromatic nitrogens is 1. The molecule has 29 heavy (non-hydrogen) atoms. The summed E-state index contributed by atoms with van der Waals surface area (Å²) in [4.78, 5) is 15.8. The van der Waals surface area contributed by atoms with Gasteiger partial charge in [0.2, 0.25) is 5.75 Å². The number of fused-ring (bicyclic) bond motifs is 1. The van der Waals surface area contributed by atoms with Crippen LogP contribution in [0.4, 0.5) is 4.39 Å². The monoisotopic (exact) mass is 400 g/mol. The van der Waals surface area contributed by atoms with E-state index < -0.39 is 0 Å². The van der Waals surface area contributed by atoms with Crippen molar-refractivity contribution < 1.29 is 23.4 Å². The van der Waals surface area contributed by atoms with Gasteiger partial charge in [-0.25, -0.2) is 4.39 Å². The summed E-state index contributed by atoms with van der Waals surface area (Å²) in [6.45, 7) is 4.27. The van der Waals surface area contributed by atoms with Gasteiger partial charge in [0.05, 0.1) is 26.8 Å². The normalized spacial score (nSPS) is 10.8. The molecule has 0 aliphatic carbocycles. The van der Waals surface area contributed by atoms with E-state index in [0.29, 0.717) is 41.3 Å². The van der Waals surface area contributed by atoms with Crippen LogP contribution in [0.15, 0.2) is 24.3 Å². The number of rotatable bonds is 7. The van der Waals surface area contributed by atoms with E-state index in [1.807, 2.05) is 13.8 Å². The topological polar surface area (TPSA) is 72.6 Å². The number of aromatic amines is 1. The highest BCUT2D eigenvalue weighted by Crippen LogP contribution is 2.38. The van der Waals surface area contributed by atoms with E-state index in [2.05, 4.69) is 10.3 Å². The van der Waals surface area contributed by atoms with Crippen LogP contribution in [0.3, 0.4) is 0 Å². The molecule has 3 rings (SSSR count). The third-order valence-electron chi connectivity index (χ3n) is 5.02. The first-order valence-corrected chi connectivity index (χ1v) is 9.25. The van der Waals surface area contributed by atoms with E-state index in [1.165, 1.54) is 27.4 Å². The van der Waals surface area contributed by atoms with Gasteiger partial charge >= 0.3 is 0 Å². The number of benzene rings is 2. The van der Waals surface area contributed by atoms with E-state index >= 15 is 0 Å². The number of carbonyl (C=O) groups excluding carboxylic acids is 1. The smallest absolute Gasteiger partial charge is 0.251 e. The van der Waals surface area contributed by atoms with Gasteiger partial charge in [0.15, 0.2) is 11.5 Å². The van der Waals surface area contributed by atoms with Crippen molar-refractivity contribution in [3.05, 3.63) is 52.5 Å². The lowest BCUT2D eigenvalue weighted by molar-refractivity contribution is 0.0953. The Balaban J connectivity index is 1.78. The van der Waals surface area contributed by atoms with E-state index in [0.717, 1.165) is 22.2 Å². The number of nitrogens with one attached hydrogen (secondary N) is 2. The van der Waals surface area contributed by atoms with Gasteiger partial charge in [-0.05, 0) is 49.6 Å². The Morgan fingerprint density at radius 3 is 2.31 bits per heavy atom. The summed E-state index contributed by atoms with van der Waals surface area (Å²) < 4.78 is 30.0. The SMILES string of the molecule is COc1cc(C(=O)NCCc2c(C)[nH]c3c(F)ccc(C)c23)cc(OC)c1OC. The second-order valence-corrected chi connectivity index (χ2v) is 6.76. The number of carbonyl (C=O) groups is 1. The maximum absolute atomic E-state index is 14.1. The average molecular weight is 400 g/mol. The van der Waals surface area contributed by atoms with Gasteiger partial charge in [-0.3, -0.25) is 4.79 Å². The Hall–Kier alpha value is -3.22. The molecule has 0 saturated carbocycles. The van der Waals surface area contributed by atoms with Crippen molar-refractivity contribution in [3.63, 3.8) is 0 Å². The molecule has 1 amide bonds. The summed E-state index contributed by atoms with van der Waals surface area (Å²) in [6, 6.07) is 6.44. The molecule has 0 aliphatic heterocycles. The Morgan fingerprint density at radius 1 is 1.07 bits per heavy atom. The van der Waals surface area contributed by atoms with Crippen molar-refractivity contribution in [2.75, 3.05) is 27.9 Å². The molecule has 1 heterocycles. The lowest BCUT2D eigenvalue weighted by atomic mass is 10.0. The predicted molar refractivity (Wildman–Crippen MR) is 110 cm³/mol. The van der Waals surface area contributed by atoms with E-state index in [1.54, 1.807) is 18.2 Å². The van der Waals surface area contributed by atoms with Crippen LogP contribution >= 0.6 is 0 Å². The first-order valence-electron chi connectivity index (χ1n) is 9.25. The van der Waals surface area contributed by atoms with Gasteiger partial charge in [-0.1, -0.05) is 6.07 Å². The molecule has 0 bridgehead atoms. The van der Waals surface area contributed by atoms with Gasteiger partial charge in [-0.2, -0.15) is 0 Å². The minimum Gasteiger partial charge on any atom is -0.493 e. The van der Waals surface area contributed by atoms with Crippen LogP contribution in [0.25, 0.3) is 10.9 Å². The molecule has 3 aromatic rings. The van der Waals surface area contributed by atoms with E-state index in [9.17, 15) is 9.18 Å². The van der Waals surface area contributed by atoms with Gasteiger partial charge < -0.3 is 24.5 Å². The summed E-state index contributed by atoms with van der Waals surface area (Å²) in [7, 11) is 4.51. The second-order valence-electron chi connectivity index (χ2n) is 6.76. The second kappa shape index (κ2) is 8.43. The summed E-state index contributed by atoms with van der Waals surface area (Å²) in [6.07, 6.45) is 0.576. The molecule has 7 heteroatoms. The fourth-order valence-electron chi connectivity index (χ4n) is 3.57. The lowest BCUT2D eigenvalue weighted by Crippen LogP contribution is -2.26. The number of amides is 1. The van der Waals surface area contributed by atoms with E-state index in [4.69, 9.17) is 14.2 Å². The molecule has 0 unspecified atom stereocenters. The maximum Gasteiger partial charge on any atom is 0.251 e. The van der Waals surface area contributed by atoms with Gasteiger partial charge in [-0.15, -0.1) is 0 Å². The van der Waals surface area contributed by atoms with Crippen molar-refractivity contribution in [3.8, 4) is 17.2 Å². The van der Waals surface area contributed by atoms with Gasteiger partial charge in [0, 0.05) is 23.2 Å². The largest absolute Gasteiger partial charge is 0.493 e. The number of H-pyrrole nitrogens is 1. The van der Waals surface area contributed by atoms with Crippen LogP contribution in [0.5, 0.6) is 17.2 Å². The molecule has 2 N–H and O–H groups in total. The molecule has 6 nitrogen and oxygen atoms in total. The molecule has 0 radical (unpaired) electrons. The quantitative estimate of drug-likeness (QED) is 0.631. The first-order chi connectivity index (χ1) is 13.9. The van der Waals surface area contributed by atoms with Crippen molar-refractivity contribution in [1.29, 1.82) is 0 Å². The Labute approximate surface area is 169 Å². The molecule has 0 spiro atoms. The van der Waals surface area contributed by atoms with Crippen LogP contribution in [-0.2, 0) is 6.42 Å². The highest BCUT2D eigenvalue weighted by molar-refractivity contribution is 5.95. The number of hydrogen-bond donors (Lipinski definition) is 2. The maximum atomic E-state index is 14.1. The number of hydrogen-bond acceptors (Lipinski definition) is 4. The van der Waals surface area contributed by atoms with Crippen LogP contribution < -0.4 is 19.5 Å². The fourth-order valence-corrected chi connectivity index (χ4v) is 3.57. The lowest BCUT2D eigenvalue weighted by Gasteiger charge is -2.14. The molecule has 0 fully saturated rings. The Bertz CT molecular complexity index is 1030. The number of halogens is 1. The summed E-state index contributed by atoms with van der Waals surface area (Å²) in [5.41, 5.74) is 3.81. The molecular formula is C22H25FN2O4. The van der Waals surface area contributed by atoms with Crippen molar-refractivity contribution in [1.82, 2.24) is 10.3 Å². The highest BCUT2D eigenvalue weighted by Gasteiger charge is 2.18. The molecule has 2 aromatic carbocycles. The zero-order valence-corrected chi connectivity index (χ0v) is 17.2. The van der Waals surface area contributed by atoms with Crippen molar-refractivity contribution >= 4 is 16.8 Å². The highest BCUT2D eigenvalue weighted by atomic mass is 19.1. The molecule has 0 atom stereocenters. The van der Waals surface area contributed by atoms with Crippen LogP contribution in [-0.4, -0.2) is 38.8 Å². The number of methoxy groups -OCH3 is 3. The summed E-state index contributed by atoms with van der Waals surface area (Å²) >= 11 is 0. The van der Waals surface area contributed by atoms with E-state index in [-0.39, 0.29) is 11.7 Å². The predicted octanol–water partition coefficient (Wildman–Crippen LogP) is 3.92. The first kappa shape index (κ1) is 20.5. The van der Waals surface area contributed by atoms with Crippen LogP contribution in [0, 0.1) is 19.7 Å². The zero-order chi connectivity index (χ0) is 21.1. The Kier molecular flexibility index (Phi) is 5.96. The van der Waals surface area contributed by atoms with Crippen LogP contribution in [0.1, 0.15) is 27.2 Å². The third-order valence-corrected chi connectivity index (χ3v) is 5.02. The summed E-state index contributed by atoms with van der Waals surface area (Å²) in [5.74, 6) is 0.718. The van der Waals surface area contributed by atoms with Crippen molar-refractivity contribution in [2.24, 2.45) is 0 Å². The standard InChI is InChI=1S/C22H25FN2O4/c1-12-6-7-16(23)20-19(12)15(13(2)25-20)8-9-24-22(26)14-10-17(27-3)21(29-5)18(11-14)28-4/h6-7,10-11,25H,8-9H2,1-5H3,(H,24,26). The molecule has 1 aromatic heterocycles. The summed E-state index contributed by atoms with van der Waals surface area (Å²) in [5, 5.41) is 3.78. The minimum absolute atomic E-state index is 0.260. The Morgan fingerprint density at radius 2 is 1.72 bits per heavy atom. The molecule has 0 aliphatic rings. The van der Waals surface area contributed by atoms with Crippen LogP contribution in [0.2, 0.25) is 0 Å². The zero-order valence-electron chi connectivity index (χ0n) is 17.2. The molecule has 154 valence electrons. The molecular weight excluding hydrogens is 375 g/mol. The third kappa shape index (κ3) is 3.85. The minimum atomic E-state index is -0.276. The fraction of sp³-hybridized carbons (Fsp3) is 0.318.